The molecule has 4 nitrogen and oxygen atoms in total. The van der Waals surface area contributed by atoms with Crippen LogP contribution in [-0.4, -0.2) is 26.3 Å². The summed E-state index contributed by atoms with van der Waals surface area (Å²) in [6.07, 6.45) is 0. The van der Waals surface area contributed by atoms with Crippen LogP contribution in [0.25, 0.3) is 0 Å². The maximum Gasteiger partial charge on any atom is 0.236 e. The van der Waals surface area contributed by atoms with Crippen LogP contribution in [0.3, 0.4) is 0 Å². The number of hydrogen-bond acceptors (Lipinski definition) is 3. The minimum atomic E-state index is -3.42. The van der Waals surface area contributed by atoms with Gasteiger partial charge in [0.2, 0.25) is 10.0 Å². The number of anilines is 1. The van der Waals surface area contributed by atoms with Crippen LogP contribution in [0.1, 0.15) is 26.3 Å². The Morgan fingerprint density at radius 2 is 1.89 bits per heavy atom. The molecule has 0 saturated carbocycles. The van der Waals surface area contributed by atoms with Crippen LogP contribution < -0.4 is 10.0 Å². The number of rotatable bonds is 6. The maximum atomic E-state index is 12.2. The molecule has 2 N–H and O–H groups in total. The van der Waals surface area contributed by atoms with Gasteiger partial charge in [0.1, 0.15) is 0 Å². The van der Waals surface area contributed by atoms with Gasteiger partial charge in [-0.25, -0.2) is 8.42 Å². The second kappa shape index (κ2) is 6.59. The molecule has 1 unspecified atom stereocenters. The molecule has 0 aliphatic heterocycles. The second-order valence-corrected chi connectivity index (χ2v) is 7.52. The number of aryl methyl sites for hydroxylation is 1. The van der Waals surface area contributed by atoms with Gasteiger partial charge in [-0.15, -0.1) is 0 Å². The molecule has 0 aliphatic rings. The Kier molecular flexibility index (Phi) is 5.64. The van der Waals surface area contributed by atoms with Crippen LogP contribution in [0.4, 0.5) is 5.69 Å². The quantitative estimate of drug-likeness (QED) is 0.849. The van der Waals surface area contributed by atoms with Crippen molar-refractivity contribution in [1.29, 1.82) is 0 Å². The zero-order valence-electron chi connectivity index (χ0n) is 11.7. The lowest BCUT2D eigenvalue weighted by molar-refractivity contribution is 0.553. The predicted molar refractivity (Wildman–Crippen MR) is 81.3 cm³/mol. The highest BCUT2D eigenvalue weighted by Gasteiger charge is 2.21. The van der Waals surface area contributed by atoms with Crippen LogP contribution >= 0.6 is 11.6 Å². The van der Waals surface area contributed by atoms with Crippen LogP contribution in [0, 0.1) is 6.92 Å². The van der Waals surface area contributed by atoms with Gasteiger partial charge in [0.15, 0.2) is 0 Å². The lowest BCUT2D eigenvalue weighted by atomic mass is 10.2. The van der Waals surface area contributed by atoms with Crippen molar-refractivity contribution in [3.63, 3.8) is 0 Å². The van der Waals surface area contributed by atoms with E-state index in [1.165, 1.54) is 0 Å². The zero-order chi connectivity index (χ0) is 14.6. The fraction of sp³-hybridized carbons (Fsp3) is 0.538. The third-order valence-electron chi connectivity index (χ3n) is 2.80. The van der Waals surface area contributed by atoms with E-state index in [9.17, 15) is 8.42 Å². The summed E-state index contributed by atoms with van der Waals surface area (Å²) in [5.74, 6) is 0. The smallest absolute Gasteiger partial charge is 0.236 e. The van der Waals surface area contributed by atoms with E-state index in [2.05, 4.69) is 10.0 Å². The molecule has 0 spiro atoms. The molecular formula is C13H21ClN2O2S. The summed E-state index contributed by atoms with van der Waals surface area (Å²) in [5, 5.41) is 3.11. The van der Waals surface area contributed by atoms with Crippen LogP contribution in [0.2, 0.25) is 5.02 Å². The van der Waals surface area contributed by atoms with Crippen LogP contribution in [0.15, 0.2) is 18.2 Å². The van der Waals surface area contributed by atoms with Gasteiger partial charge < -0.3 is 5.32 Å². The molecule has 1 aromatic rings. The summed E-state index contributed by atoms with van der Waals surface area (Å²) < 4.78 is 27.0. The molecule has 1 aromatic carbocycles. The average Bonchev–Trinajstić information content (AvgIpc) is 2.30. The molecule has 6 heteroatoms. The first kappa shape index (κ1) is 16.3. The number of nitrogens with one attached hydrogen (secondary N) is 2. The SMILES string of the molecule is Cc1ccc(Cl)cc1NS(=O)(=O)C(C)CNC(C)C. The van der Waals surface area contributed by atoms with Crippen molar-refractivity contribution >= 4 is 27.3 Å². The summed E-state index contributed by atoms with van der Waals surface area (Å²) in [6, 6.07) is 5.40. The van der Waals surface area contributed by atoms with Crippen molar-refractivity contribution in [3.05, 3.63) is 28.8 Å². The Morgan fingerprint density at radius 1 is 1.26 bits per heavy atom. The first-order valence-electron chi connectivity index (χ1n) is 6.23. The molecule has 0 bridgehead atoms. The molecule has 0 saturated heterocycles. The summed E-state index contributed by atoms with van der Waals surface area (Å²) in [7, 11) is -3.42. The molecule has 0 aromatic heterocycles. The minimum Gasteiger partial charge on any atom is -0.313 e. The Hall–Kier alpha value is -0.780. The summed E-state index contributed by atoms with van der Waals surface area (Å²) in [4.78, 5) is 0. The van der Waals surface area contributed by atoms with Crippen LogP contribution in [0.5, 0.6) is 0 Å². The van der Waals surface area contributed by atoms with E-state index >= 15 is 0 Å². The third kappa shape index (κ3) is 5.01. The highest BCUT2D eigenvalue weighted by Crippen LogP contribution is 2.22. The van der Waals surface area contributed by atoms with Crippen molar-refractivity contribution in [2.75, 3.05) is 11.3 Å². The molecule has 19 heavy (non-hydrogen) atoms. The molecule has 0 fully saturated rings. The Morgan fingerprint density at radius 3 is 2.47 bits per heavy atom. The Bertz CT molecular complexity index is 529. The van der Waals surface area contributed by atoms with Gasteiger partial charge in [0, 0.05) is 17.6 Å². The zero-order valence-corrected chi connectivity index (χ0v) is 13.3. The molecule has 1 atom stereocenters. The van der Waals surface area contributed by atoms with Gasteiger partial charge >= 0.3 is 0 Å². The highest BCUT2D eigenvalue weighted by atomic mass is 35.5. The van der Waals surface area contributed by atoms with Gasteiger partial charge in [-0.1, -0.05) is 31.5 Å². The van der Waals surface area contributed by atoms with Gasteiger partial charge in [-0.3, -0.25) is 4.72 Å². The number of hydrogen-bond donors (Lipinski definition) is 2. The van der Waals surface area contributed by atoms with Gasteiger partial charge in [-0.05, 0) is 31.5 Å². The van der Waals surface area contributed by atoms with E-state index in [4.69, 9.17) is 11.6 Å². The highest BCUT2D eigenvalue weighted by molar-refractivity contribution is 7.93. The van der Waals surface area contributed by atoms with Gasteiger partial charge in [0.25, 0.3) is 0 Å². The first-order chi connectivity index (χ1) is 8.72. The minimum absolute atomic E-state index is 0.255. The molecule has 1 rings (SSSR count). The van der Waals surface area contributed by atoms with Gasteiger partial charge in [-0.2, -0.15) is 0 Å². The fourth-order valence-corrected chi connectivity index (χ4v) is 2.68. The molecule has 0 amide bonds. The summed E-state index contributed by atoms with van der Waals surface area (Å²) in [6.45, 7) is 7.89. The van der Waals surface area contributed by atoms with E-state index in [0.717, 1.165) is 5.56 Å². The third-order valence-corrected chi connectivity index (χ3v) is 4.76. The summed E-state index contributed by atoms with van der Waals surface area (Å²) >= 11 is 5.88. The molecular weight excluding hydrogens is 284 g/mol. The Labute approximate surface area is 120 Å². The van der Waals surface area contributed by atoms with Crippen molar-refractivity contribution < 1.29 is 8.42 Å². The van der Waals surface area contributed by atoms with E-state index in [1.807, 2.05) is 20.8 Å². The monoisotopic (exact) mass is 304 g/mol. The van der Waals surface area contributed by atoms with Crippen molar-refractivity contribution in [3.8, 4) is 0 Å². The predicted octanol–water partition coefficient (Wildman–Crippen LogP) is 2.78. The van der Waals surface area contributed by atoms with Gasteiger partial charge in [0.05, 0.1) is 10.9 Å². The second-order valence-electron chi connectivity index (χ2n) is 4.98. The van der Waals surface area contributed by atoms with E-state index in [1.54, 1.807) is 25.1 Å². The standard InChI is InChI=1S/C13H21ClN2O2S/c1-9(2)15-8-11(4)19(17,18)16-13-7-12(14)6-5-10(13)3/h5-7,9,11,15-16H,8H2,1-4H3. The van der Waals surface area contributed by atoms with Crippen molar-refractivity contribution in [1.82, 2.24) is 5.32 Å². The molecule has 0 aliphatic carbocycles. The normalized spacial score (nSPS) is 13.6. The lowest BCUT2D eigenvalue weighted by Crippen LogP contribution is -2.37. The topological polar surface area (TPSA) is 58.2 Å². The molecule has 108 valence electrons. The van der Waals surface area contributed by atoms with Crippen molar-refractivity contribution in [2.24, 2.45) is 0 Å². The number of halogens is 1. The van der Waals surface area contributed by atoms with Crippen LogP contribution in [-0.2, 0) is 10.0 Å². The summed E-state index contributed by atoms with van der Waals surface area (Å²) in [5.41, 5.74) is 1.38. The number of benzene rings is 1. The Balaban J connectivity index is 2.81. The molecule has 0 radical (unpaired) electrons. The van der Waals surface area contributed by atoms with E-state index in [0.29, 0.717) is 17.3 Å². The largest absolute Gasteiger partial charge is 0.313 e. The first-order valence-corrected chi connectivity index (χ1v) is 8.16. The van der Waals surface area contributed by atoms with E-state index in [-0.39, 0.29) is 6.04 Å². The van der Waals surface area contributed by atoms with E-state index < -0.39 is 15.3 Å². The molecule has 0 heterocycles. The lowest BCUT2D eigenvalue weighted by Gasteiger charge is -2.18. The van der Waals surface area contributed by atoms with Crippen molar-refractivity contribution in [2.45, 2.75) is 39.0 Å². The fourth-order valence-electron chi connectivity index (χ4n) is 1.47. The maximum absolute atomic E-state index is 12.2. The average molecular weight is 305 g/mol. The number of sulfonamides is 1.